The molecular weight excluding hydrogens is 241 g/mol. The fourth-order valence-electron chi connectivity index (χ4n) is 1.35. The van der Waals surface area contributed by atoms with E-state index in [1.165, 1.54) is 13.2 Å². The monoisotopic (exact) mass is 257 g/mol. The number of nitrogens with one attached hydrogen (secondary N) is 2. The highest BCUT2D eigenvalue weighted by Gasteiger charge is 2.19. The van der Waals surface area contributed by atoms with Crippen molar-refractivity contribution in [3.05, 3.63) is 28.1 Å². The third-order valence-corrected chi connectivity index (χ3v) is 2.56. The van der Waals surface area contributed by atoms with Crippen molar-refractivity contribution in [1.82, 2.24) is 5.32 Å². The molecule has 1 aromatic carbocycles. The van der Waals surface area contributed by atoms with Crippen LogP contribution in [-0.4, -0.2) is 31.7 Å². The van der Waals surface area contributed by atoms with E-state index in [2.05, 4.69) is 10.6 Å². The molecule has 0 saturated carbocycles. The Morgan fingerprint density at radius 2 is 2.22 bits per heavy atom. The van der Waals surface area contributed by atoms with Crippen LogP contribution in [0.15, 0.2) is 12.1 Å². The maximum absolute atomic E-state index is 13.6. The molecule has 0 bridgehead atoms. The standard InChI is InChI=1S/C11H16FN3O3/c1-7(13-2)6-14-9-5-11(18-3)10(15(16)17)4-8(9)12/h4-5,7,13-14H,6H2,1-3H3. The van der Waals surface area contributed by atoms with Gasteiger partial charge in [-0.25, -0.2) is 4.39 Å². The van der Waals surface area contributed by atoms with Gasteiger partial charge in [0.15, 0.2) is 11.6 Å². The van der Waals surface area contributed by atoms with E-state index in [1.54, 1.807) is 7.05 Å². The number of halogens is 1. The predicted octanol–water partition coefficient (Wildman–Crippen LogP) is 1.76. The van der Waals surface area contributed by atoms with Crippen LogP contribution in [0.1, 0.15) is 6.92 Å². The molecule has 0 amide bonds. The third-order valence-electron chi connectivity index (χ3n) is 2.56. The average Bonchev–Trinajstić information content (AvgIpc) is 2.36. The van der Waals surface area contributed by atoms with Gasteiger partial charge in [-0.3, -0.25) is 10.1 Å². The zero-order chi connectivity index (χ0) is 13.7. The van der Waals surface area contributed by atoms with Crippen molar-refractivity contribution >= 4 is 11.4 Å². The van der Waals surface area contributed by atoms with E-state index in [0.29, 0.717) is 6.54 Å². The molecule has 1 rings (SSSR count). The molecule has 7 heteroatoms. The highest BCUT2D eigenvalue weighted by atomic mass is 19.1. The van der Waals surface area contributed by atoms with Crippen LogP contribution < -0.4 is 15.4 Å². The van der Waals surface area contributed by atoms with E-state index in [9.17, 15) is 14.5 Å². The molecule has 1 atom stereocenters. The van der Waals surface area contributed by atoms with Crippen LogP contribution in [0.3, 0.4) is 0 Å². The quantitative estimate of drug-likeness (QED) is 0.600. The van der Waals surface area contributed by atoms with Gasteiger partial charge < -0.3 is 15.4 Å². The van der Waals surface area contributed by atoms with E-state index >= 15 is 0 Å². The van der Waals surface area contributed by atoms with Crippen LogP contribution >= 0.6 is 0 Å². The summed E-state index contributed by atoms with van der Waals surface area (Å²) in [6, 6.07) is 2.28. The Kier molecular flexibility index (Phi) is 4.85. The number of likely N-dealkylation sites (N-methyl/N-ethyl adjacent to an activating group) is 1. The summed E-state index contributed by atoms with van der Waals surface area (Å²) in [6.07, 6.45) is 0. The summed E-state index contributed by atoms with van der Waals surface area (Å²) < 4.78 is 18.5. The lowest BCUT2D eigenvalue weighted by molar-refractivity contribution is -0.385. The van der Waals surface area contributed by atoms with Crippen LogP contribution in [0.4, 0.5) is 15.8 Å². The normalized spacial score (nSPS) is 12.0. The second kappa shape index (κ2) is 6.15. The van der Waals surface area contributed by atoms with Gasteiger partial charge in [0, 0.05) is 18.7 Å². The number of rotatable bonds is 6. The minimum absolute atomic E-state index is 0.0287. The van der Waals surface area contributed by atoms with Gasteiger partial charge in [-0.05, 0) is 14.0 Å². The molecule has 100 valence electrons. The molecule has 0 aromatic heterocycles. The minimum atomic E-state index is -0.679. The third kappa shape index (κ3) is 3.30. The number of methoxy groups -OCH3 is 1. The van der Waals surface area contributed by atoms with Crippen LogP contribution in [0, 0.1) is 15.9 Å². The van der Waals surface area contributed by atoms with E-state index in [1.807, 2.05) is 6.92 Å². The van der Waals surface area contributed by atoms with Crippen molar-refractivity contribution in [3.63, 3.8) is 0 Å². The molecule has 18 heavy (non-hydrogen) atoms. The lowest BCUT2D eigenvalue weighted by Gasteiger charge is -2.13. The van der Waals surface area contributed by atoms with Gasteiger partial charge in [0.2, 0.25) is 0 Å². The molecule has 0 radical (unpaired) electrons. The first kappa shape index (κ1) is 14.2. The van der Waals surface area contributed by atoms with Crippen LogP contribution in [0.25, 0.3) is 0 Å². The molecule has 1 aromatic rings. The fourth-order valence-corrected chi connectivity index (χ4v) is 1.35. The zero-order valence-electron chi connectivity index (χ0n) is 10.5. The van der Waals surface area contributed by atoms with Crippen molar-refractivity contribution in [3.8, 4) is 5.75 Å². The lowest BCUT2D eigenvalue weighted by Crippen LogP contribution is -2.29. The first-order chi connectivity index (χ1) is 8.49. The van der Waals surface area contributed by atoms with Crippen molar-refractivity contribution < 1.29 is 14.1 Å². The largest absolute Gasteiger partial charge is 0.490 e. The van der Waals surface area contributed by atoms with Gasteiger partial charge in [0.05, 0.1) is 23.8 Å². The van der Waals surface area contributed by atoms with Gasteiger partial charge in [-0.15, -0.1) is 0 Å². The Morgan fingerprint density at radius 1 is 1.56 bits per heavy atom. The van der Waals surface area contributed by atoms with E-state index < -0.39 is 10.7 Å². The molecule has 6 nitrogen and oxygen atoms in total. The number of benzene rings is 1. The molecule has 0 aliphatic rings. The van der Waals surface area contributed by atoms with Gasteiger partial charge in [0.1, 0.15) is 0 Å². The number of hydrogen-bond acceptors (Lipinski definition) is 5. The molecule has 0 aliphatic carbocycles. The van der Waals surface area contributed by atoms with E-state index in [-0.39, 0.29) is 23.2 Å². The molecule has 0 fully saturated rings. The minimum Gasteiger partial charge on any atom is -0.490 e. The highest BCUT2D eigenvalue weighted by molar-refractivity contribution is 5.59. The molecule has 0 heterocycles. The van der Waals surface area contributed by atoms with Crippen LogP contribution in [-0.2, 0) is 0 Å². The number of hydrogen-bond donors (Lipinski definition) is 2. The predicted molar refractivity (Wildman–Crippen MR) is 66.6 cm³/mol. The Labute approximate surface area is 104 Å². The van der Waals surface area contributed by atoms with Crippen molar-refractivity contribution in [2.75, 3.05) is 26.0 Å². The van der Waals surface area contributed by atoms with Gasteiger partial charge in [-0.2, -0.15) is 0 Å². The number of anilines is 1. The number of ether oxygens (including phenoxy) is 1. The van der Waals surface area contributed by atoms with Crippen molar-refractivity contribution in [2.45, 2.75) is 13.0 Å². The summed E-state index contributed by atoms with van der Waals surface area (Å²) in [5.74, 6) is -0.646. The Balaban J connectivity index is 2.97. The summed E-state index contributed by atoms with van der Waals surface area (Å²) in [5, 5.41) is 16.5. The number of nitro benzene ring substituents is 1. The average molecular weight is 257 g/mol. The smallest absolute Gasteiger partial charge is 0.313 e. The van der Waals surface area contributed by atoms with Gasteiger partial charge in [0.25, 0.3) is 0 Å². The maximum atomic E-state index is 13.6. The maximum Gasteiger partial charge on any atom is 0.313 e. The Bertz CT molecular complexity index is 440. The second-order valence-corrected chi connectivity index (χ2v) is 3.83. The van der Waals surface area contributed by atoms with Gasteiger partial charge in [-0.1, -0.05) is 0 Å². The molecule has 0 spiro atoms. The molecule has 0 aliphatic heterocycles. The van der Waals surface area contributed by atoms with E-state index in [0.717, 1.165) is 6.07 Å². The lowest BCUT2D eigenvalue weighted by atomic mass is 10.2. The summed E-state index contributed by atoms with van der Waals surface area (Å²) >= 11 is 0. The summed E-state index contributed by atoms with van der Waals surface area (Å²) in [7, 11) is 3.10. The van der Waals surface area contributed by atoms with Crippen LogP contribution in [0.2, 0.25) is 0 Å². The van der Waals surface area contributed by atoms with Crippen LogP contribution in [0.5, 0.6) is 5.75 Å². The Morgan fingerprint density at radius 3 is 2.72 bits per heavy atom. The molecule has 1 unspecified atom stereocenters. The first-order valence-electron chi connectivity index (χ1n) is 5.42. The first-order valence-corrected chi connectivity index (χ1v) is 5.42. The Hall–Kier alpha value is -1.89. The molecule has 2 N–H and O–H groups in total. The molecular formula is C11H16FN3O3. The van der Waals surface area contributed by atoms with Crippen molar-refractivity contribution in [1.29, 1.82) is 0 Å². The SMILES string of the molecule is CNC(C)CNc1cc(OC)c([N+](=O)[O-])cc1F. The summed E-state index contributed by atoms with van der Waals surface area (Å²) in [6.45, 7) is 2.42. The summed E-state index contributed by atoms with van der Waals surface area (Å²) in [5.41, 5.74) is -0.207. The number of nitrogens with zero attached hydrogens (tertiary/aromatic N) is 1. The van der Waals surface area contributed by atoms with E-state index in [4.69, 9.17) is 4.74 Å². The van der Waals surface area contributed by atoms with Crippen molar-refractivity contribution in [2.24, 2.45) is 0 Å². The number of nitro groups is 1. The zero-order valence-corrected chi connectivity index (χ0v) is 10.5. The fraction of sp³-hybridized carbons (Fsp3) is 0.455. The second-order valence-electron chi connectivity index (χ2n) is 3.83. The topological polar surface area (TPSA) is 76.4 Å². The highest BCUT2D eigenvalue weighted by Crippen LogP contribution is 2.32. The summed E-state index contributed by atoms with van der Waals surface area (Å²) in [4.78, 5) is 10.0. The molecule has 0 saturated heterocycles. The van der Waals surface area contributed by atoms with Gasteiger partial charge >= 0.3 is 5.69 Å².